The van der Waals surface area contributed by atoms with Crippen molar-refractivity contribution in [3.05, 3.63) is 224 Å². The van der Waals surface area contributed by atoms with Crippen molar-refractivity contribution in [1.29, 1.82) is 0 Å². The Morgan fingerprint density at radius 2 is 1.33 bits per heavy atom. The molecule has 0 N–H and O–H groups in total. The molecule has 0 atom stereocenters. The Morgan fingerprint density at radius 3 is 2.04 bits per heavy atom. The van der Waals surface area contributed by atoms with Crippen molar-refractivity contribution in [3.63, 3.8) is 0 Å². The van der Waals surface area contributed by atoms with Crippen molar-refractivity contribution in [1.82, 2.24) is 14.1 Å². The van der Waals surface area contributed by atoms with Gasteiger partial charge in [0.15, 0.2) is 0 Å². The second-order valence-electron chi connectivity index (χ2n) is 20.1. The summed E-state index contributed by atoms with van der Waals surface area (Å²) in [6.45, 7) is 11.1. The van der Waals surface area contributed by atoms with E-state index >= 15 is 0 Å². The molecule has 0 radical (unpaired) electrons. The van der Waals surface area contributed by atoms with Crippen LogP contribution in [-0.2, 0) is 26.5 Å². The van der Waals surface area contributed by atoms with E-state index in [0.29, 0.717) is 28.2 Å². The minimum absolute atomic E-state index is 0. The first-order valence-electron chi connectivity index (χ1n) is 29.6. The van der Waals surface area contributed by atoms with Gasteiger partial charge in [-0.3, -0.25) is 4.57 Å². The van der Waals surface area contributed by atoms with Gasteiger partial charge in [-0.15, -0.1) is 29.7 Å². The summed E-state index contributed by atoms with van der Waals surface area (Å²) in [6.07, 6.45) is 9.02. The standard InChI is InChI=1S/C66H56N4O.Pt/c1-65(2,3)51-36-39-67-63(41-51)70-59-33-30-50(46-28-26-45(27-29-46)47-34-37-66(4,5)38-35-47)40-58(59)57-32-31-54(43-62(57)70)71-53-21-14-20-52(42-53)68-44-69(61-25-13-12-24-60(61)68)64-55(48-16-8-6-9-17-48)22-15-23-56(64)49-18-10-7-11-19-49;/h6-33,36,39-41,47H,34-35,37-38H2,1-5H3;/q-2;/i6D,7D,8D,9D,10D,11D,16D,17D,18D,19D,47D;. The Kier molecular flexibility index (Phi) is 9.43. The van der Waals surface area contributed by atoms with Crippen LogP contribution < -0.4 is 9.30 Å². The van der Waals surface area contributed by atoms with Gasteiger partial charge in [-0.05, 0) is 116 Å². The molecule has 12 rings (SSSR count). The summed E-state index contributed by atoms with van der Waals surface area (Å²) in [5, 5.41) is 1.95. The van der Waals surface area contributed by atoms with Crippen LogP contribution in [0.4, 0.5) is 0 Å². The number of para-hydroxylation sites is 3. The SMILES string of the molecule is [2H]c1c([2H])c([2H])c(-c2cccc(-c3c([2H])c([2H])c([2H])c([2H])c3[2H])c2-[n+]2[c-]n(-c3[c-]c(Oc4[c-]c5c(cc4)c4cc(-c6ccc(C7([2H])CCC(C)(C)CC7)cc6)ccc4n5-c4cc(C(C)(C)C)ccn4)ccc3)c3ccccc32)c([2H])c1[2H].[Pt]. The minimum Gasteiger partial charge on any atom is -0.510 e. The predicted molar refractivity (Wildman–Crippen MR) is 290 cm³/mol. The van der Waals surface area contributed by atoms with Crippen molar-refractivity contribution in [2.75, 3.05) is 0 Å². The summed E-state index contributed by atoms with van der Waals surface area (Å²) >= 11 is 0. The fourth-order valence-electron chi connectivity index (χ4n) is 9.93. The zero-order valence-corrected chi connectivity index (χ0v) is 42.8. The van der Waals surface area contributed by atoms with Gasteiger partial charge in [0.2, 0.25) is 0 Å². The Hall–Kier alpha value is -7.33. The molecule has 6 heteroatoms. The number of hydrogen-bond acceptors (Lipinski definition) is 2. The molecule has 1 aliphatic carbocycles. The van der Waals surface area contributed by atoms with Gasteiger partial charge in [0.25, 0.3) is 6.33 Å². The van der Waals surface area contributed by atoms with Crippen LogP contribution in [0.25, 0.3) is 83.4 Å². The van der Waals surface area contributed by atoms with Crippen LogP contribution in [0.1, 0.15) is 92.4 Å². The molecule has 11 aromatic rings. The summed E-state index contributed by atoms with van der Waals surface area (Å²) < 4.78 is 109. The molecule has 1 fully saturated rings. The van der Waals surface area contributed by atoms with Crippen molar-refractivity contribution in [2.45, 2.75) is 71.6 Å². The summed E-state index contributed by atoms with van der Waals surface area (Å²) in [5.74, 6) is 0.900. The average molecular weight is 1130 g/mol. The first-order chi connectivity index (χ1) is 39.0. The summed E-state index contributed by atoms with van der Waals surface area (Å²) in [4.78, 5) is 4.92. The molecule has 3 aromatic heterocycles. The number of hydrogen-bond donors (Lipinski definition) is 0. The van der Waals surface area contributed by atoms with Gasteiger partial charge in [0.05, 0.1) is 30.4 Å². The number of rotatable bonds is 9. The molecule has 0 unspecified atom stereocenters. The van der Waals surface area contributed by atoms with E-state index in [1.165, 1.54) is 0 Å². The van der Waals surface area contributed by atoms with Crippen LogP contribution in [0.5, 0.6) is 11.5 Å². The molecule has 0 saturated heterocycles. The van der Waals surface area contributed by atoms with Crippen LogP contribution in [0.15, 0.2) is 194 Å². The molecule has 1 aliphatic rings. The van der Waals surface area contributed by atoms with Crippen LogP contribution in [0, 0.1) is 23.9 Å². The van der Waals surface area contributed by atoms with Gasteiger partial charge in [-0.2, -0.15) is 18.2 Å². The quantitative estimate of drug-likeness (QED) is 0.107. The van der Waals surface area contributed by atoms with Gasteiger partial charge in [0, 0.05) is 45.6 Å². The van der Waals surface area contributed by atoms with E-state index in [0.717, 1.165) is 75.6 Å². The second-order valence-corrected chi connectivity index (χ2v) is 20.1. The summed E-state index contributed by atoms with van der Waals surface area (Å²) in [7, 11) is 0. The maximum absolute atomic E-state index is 9.39. The molecule has 3 heterocycles. The van der Waals surface area contributed by atoms with E-state index in [4.69, 9.17) is 23.4 Å². The first kappa shape index (κ1) is 35.7. The van der Waals surface area contributed by atoms with Crippen molar-refractivity contribution < 1.29 is 45.4 Å². The number of aromatic nitrogens is 4. The number of imidazole rings is 1. The van der Waals surface area contributed by atoms with E-state index in [9.17, 15) is 1.37 Å². The topological polar surface area (TPSA) is 35.9 Å². The van der Waals surface area contributed by atoms with E-state index in [1.54, 1.807) is 33.4 Å². The first-order valence-corrected chi connectivity index (χ1v) is 24.1. The third-order valence-corrected chi connectivity index (χ3v) is 13.9. The van der Waals surface area contributed by atoms with Crippen LogP contribution >= 0.6 is 0 Å². The second kappa shape index (κ2) is 19.0. The average Bonchev–Trinajstić information content (AvgIpc) is 4.01. The number of pyridine rings is 1. The van der Waals surface area contributed by atoms with Gasteiger partial charge in [0.1, 0.15) is 5.82 Å². The number of ether oxygens (including phenoxy) is 1. The number of benzene rings is 8. The smallest absolute Gasteiger partial charge is 0.268 e. The minimum atomic E-state index is -0.588. The van der Waals surface area contributed by atoms with Gasteiger partial charge >= 0.3 is 0 Å². The van der Waals surface area contributed by atoms with E-state index in [1.807, 2.05) is 60.8 Å². The Labute approximate surface area is 453 Å². The molecule has 0 bridgehead atoms. The largest absolute Gasteiger partial charge is 0.510 e. The van der Waals surface area contributed by atoms with Crippen molar-refractivity contribution in [2.24, 2.45) is 5.41 Å². The van der Waals surface area contributed by atoms with Crippen LogP contribution in [0.3, 0.4) is 0 Å². The molecule has 0 aliphatic heterocycles. The third-order valence-electron chi connectivity index (χ3n) is 13.9. The number of fused-ring (bicyclic) bond motifs is 4. The van der Waals surface area contributed by atoms with E-state index in [2.05, 4.69) is 106 Å². The third kappa shape index (κ3) is 8.90. The number of nitrogens with zero attached hydrogens (tertiary/aromatic N) is 4. The Morgan fingerprint density at radius 1 is 0.667 bits per heavy atom. The zero-order chi connectivity index (χ0) is 57.9. The molecule has 0 spiro atoms. The van der Waals surface area contributed by atoms with Crippen LogP contribution in [0.2, 0.25) is 0 Å². The summed E-state index contributed by atoms with van der Waals surface area (Å²) in [6, 6.07) is 42.3. The molecule has 1 saturated carbocycles. The van der Waals surface area contributed by atoms with Gasteiger partial charge in [-0.1, -0.05) is 179 Å². The summed E-state index contributed by atoms with van der Waals surface area (Å²) in [5.41, 5.74) is 7.85. The maximum Gasteiger partial charge on any atom is 0.268 e. The fourth-order valence-corrected chi connectivity index (χ4v) is 9.93. The zero-order valence-electron chi connectivity index (χ0n) is 51.5. The van der Waals surface area contributed by atoms with Crippen molar-refractivity contribution in [3.8, 4) is 62.1 Å². The predicted octanol–water partition coefficient (Wildman–Crippen LogP) is 16.6. The molecule has 358 valence electrons. The normalized spacial score (nSPS) is 16.5. The molecular formula is C66H56N4OPt-2. The van der Waals surface area contributed by atoms with E-state index in [-0.39, 0.29) is 59.8 Å². The van der Waals surface area contributed by atoms with Gasteiger partial charge < -0.3 is 13.9 Å². The van der Waals surface area contributed by atoms with Gasteiger partial charge in [-0.25, -0.2) is 4.98 Å². The van der Waals surface area contributed by atoms with E-state index < -0.39 is 66.3 Å². The molecular weight excluding hydrogens is 1060 g/mol. The monoisotopic (exact) mass is 1130 g/mol. The van der Waals surface area contributed by atoms with Crippen LogP contribution in [-0.4, -0.2) is 14.1 Å². The Balaban J connectivity index is 0.00000721. The fraction of sp³-hybridized carbons (Fsp3) is 0.182. The molecule has 0 amide bonds. The molecule has 5 nitrogen and oxygen atoms in total. The Bertz CT molecular complexity index is 4280. The van der Waals surface area contributed by atoms with Crippen molar-refractivity contribution >= 4 is 32.8 Å². The maximum atomic E-state index is 9.39. The molecule has 72 heavy (non-hydrogen) atoms. The molecule has 8 aromatic carbocycles.